The van der Waals surface area contributed by atoms with Crippen LogP contribution >= 0.6 is 0 Å². The van der Waals surface area contributed by atoms with Gasteiger partial charge in [-0.15, -0.1) is 0 Å². The minimum atomic E-state index is 0.0180. The lowest BCUT2D eigenvalue weighted by Gasteiger charge is -2.17. The topological polar surface area (TPSA) is 58.6 Å². The molecule has 100 valence electrons. The van der Waals surface area contributed by atoms with Gasteiger partial charge in [-0.05, 0) is 31.0 Å². The molecular formula is C14H16N2O3. The Morgan fingerprint density at radius 2 is 2.21 bits per heavy atom. The number of anilines is 2. The molecule has 1 aromatic carbocycles. The van der Waals surface area contributed by atoms with Crippen LogP contribution in [0.3, 0.4) is 0 Å². The summed E-state index contributed by atoms with van der Waals surface area (Å²) in [7, 11) is 1.72. The molecule has 1 aliphatic heterocycles. The Morgan fingerprint density at radius 3 is 2.95 bits per heavy atom. The van der Waals surface area contributed by atoms with Crippen LogP contribution < -0.4 is 15.0 Å². The number of amides is 2. The Kier molecular flexibility index (Phi) is 2.89. The van der Waals surface area contributed by atoms with Gasteiger partial charge < -0.3 is 15.0 Å². The first-order chi connectivity index (χ1) is 9.15. The lowest BCUT2D eigenvalue weighted by molar-refractivity contribution is -0.118. The lowest BCUT2D eigenvalue weighted by Crippen LogP contribution is -2.25. The smallest absolute Gasteiger partial charge is 0.230 e. The number of fused-ring (bicyclic) bond motifs is 1. The fourth-order valence-electron chi connectivity index (χ4n) is 2.12. The largest absolute Gasteiger partial charge is 0.491 e. The zero-order valence-electron chi connectivity index (χ0n) is 10.8. The molecule has 0 aromatic heterocycles. The number of hydrogen-bond donors (Lipinski definition) is 1. The fraction of sp³-hybridized carbons (Fsp3) is 0.429. The van der Waals surface area contributed by atoms with Crippen molar-refractivity contribution in [2.24, 2.45) is 5.92 Å². The molecule has 1 saturated carbocycles. The standard InChI is InChI=1S/C14H16N2O3/c1-16-11-8-10(15-14(18)9-2-3-9)4-5-12(11)19-7-6-13(16)17/h4-5,8-9H,2-3,6-7H2,1H3,(H,15,18). The van der Waals surface area contributed by atoms with Crippen LogP contribution in [-0.4, -0.2) is 25.5 Å². The molecule has 2 amide bonds. The van der Waals surface area contributed by atoms with Gasteiger partial charge in [0.2, 0.25) is 11.8 Å². The molecule has 19 heavy (non-hydrogen) atoms. The van der Waals surface area contributed by atoms with Crippen molar-refractivity contribution >= 4 is 23.2 Å². The molecular weight excluding hydrogens is 244 g/mol. The quantitative estimate of drug-likeness (QED) is 0.881. The van der Waals surface area contributed by atoms with Crippen molar-refractivity contribution < 1.29 is 14.3 Å². The maximum Gasteiger partial charge on any atom is 0.230 e. The molecule has 0 saturated heterocycles. The Labute approximate surface area is 111 Å². The molecule has 1 aromatic rings. The van der Waals surface area contributed by atoms with E-state index in [9.17, 15) is 9.59 Å². The van der Waals surface area contributed by atoms with E-state index in [2.05, 4.69) is 5.32 Å². The van der Waals surface area contributed by atoms with Crippen molar-refractivity contribution in [3.8, 4) is 5.75 Å². The van der Waals surface area contributed by atoms with Crippen molar-refractivity contribution in [2.45, 2.75) is 19.3 Å². The van der Waals surface area contributed by atoms with Crippen molar-refractivity contribution in [2.75, 3.05) is 23.9 Å². The highest BCUT2D eigenvalue weighted by Gasteiger charge is 2.30. The second kappa shape index (κ2) is 4.57. The van der Waals surface area contributed by atoms with Gasteiger partial charge >= 0.3 is 0 Å². The van der Waals surface area contributed by atoms with Crippen LogP contribution in [0.2, 0.25) is 0 Å². The molecule has 1 fully saturated rings. The Morgan fingerprint density at radius 1 is 1.42 bits per heavy atom. The van der Waals surface area contributed by atoms with Crippen molar-refractivity contribution in [1.29, 1.82) is 0 Å². The molecule has 3 rings (SSSR count). The van der Waals surface area contributed by atoms with E-state index in [-0.39, 0.29) is 17.7 Å². The van der Waals surface area contributed by atoms with Gasteiger partial charge in [0.15, 0.2) is 0 Å². The van der Waals surface area contributed by atoms with Gasteiger partial charge in [0.1, 0.15) is 5.75 Å². The van der Waals surface area contributed by atoms with Crippen LogP contribution in [0.1, 0.15) is 19.3 Å². The van der Waals surface area contributed by atoms with E-state index in [1.807, 2.05) is 6.07 Å². The predicted molar refractivity (Wildman–Crippen MR) is 71.3 cm³/mol. The van der Waals surface area contributed by atoms with E-state index in [1.54, 1.807) is 24.1 Å². The summed E-state index contributed by atoms with van der Waals surface area (Å²) in [6, 6.07) is 5.40. The number of carbonyl (C=O) groups excluding carboxylic acids is 2. The van der Waals surface area contributed by atoms with Crippen LogP contribution in [0.4, 0.5) is 11.4 Å². The van der Waals surface area contributed by atoms with Gasteiger partial charge in [0.25, 0.3) is 0 Å². The summed E-state index contributed by atoms with van der Waals surface area (Å²) in [5.74, 6) is 0.917. The maximum atomic E-state index is 11.8. The number of carbonyl (C=O) groups is 2. The Balaban J connectivity index is 1.86. The van der Waals surface area contributed by atoms with E-state index in [4.69, 9.17) is 4.74 Å². The molecule has 5 heteroatoms. The van der Waals surface area contributed by atoms with E-state index in [0.717, 1.165) is 12.8 Å². The fourth-order valence-corrected chi connectivity index (χ4v) is 2.12. The first kappa shape index (κ1) is 12.0. The number of rotatable bonds is 2. The molecule has 0 spiro atoms. The summed E-state index contributed by atoms with van der Waals surface area (Å²) in [4.78, 5) is 25.1. The lowest BCUT2D eigenvalue weighted by atomic mass is 10.2. The van der Waals surface area contributed by atoms with Crippen LogP contribution in [0, 0.1) is 5.92 Å². The van der Waals surface area contributed by atoms with Gasteiger partial charge in [0, 0.05) is 18.7 Å². The molecule has 0 atom stereocenters. The number of benzene rings is 1. The number of nitrogens with zero attached hydrogens (tertiary/aromatic N) is 1. The summed E-state index contributed by atoms with van der Waals surface area (Å²) in [6.07, 6.45) is 2.31. The Hall–Kier alpha value is -2.04. The summed E-state index contributed by atoms with van der Waals surface area (Å²) < 4.78 is 5.53. The summed E-state index contributed by atoms with van der Waals surface area (Å²) in [6.45, 7) is 0.393. The van der Waals surface area contributed by atoms with E-state index >= 15 is 0 Å². The summed E-state index contributed by atoms with van der Waals surface area (Å²) in [5.41, 5.74) is 1.41. The summed E-state index contributed by atoms with van der Waals surface area (Å²) >= 11 is 0. The molecule has 1 N–H and O–H groups in total. The second-order valence-corrected chi connectivity index (χ2v) is 5.00. The van der Waals surface area contributed by atoms with Crippen LogP contribution in [0.15, 0.2) is 18.2 Å². The highest BCUT2D eigenvalue weighted by Crippen LogP contribution is 2.34. The van der Waals surface area contributed by atoms with Crippen molar-refractivity contribution in [3.63, 3.8) is 0 Å². The van der Waals surface area contributed by atoms with Gasteiger partial charge in [-0.2, -0.15) is 0 Å². The average Bonchev–Trinajstić information content (AvgIpc) is 3.22. The maximum absolute atomic E-state index is 11.8. The highest BCUT2D eigenvalue weighted by molar-refractivity contribution is 5.98. The van der Waals surface area contributed by atoms with E-state index < -0.39 is 0 Å². The summed E-state index contributed by atoms with van der Waals surface area (Å²) in [5, 5.41) is 2.88. The number of nitrogens with one attached hydrogen (secondary N) is 1. The minimum Gasteiger partial charge on any atom is -0.491 e. The first-order valence-corrected chi connectivity index (χ1v) is 6.49. The molecule has 5 nitrogen and oxygen atoms in total. The van der Waals surface area contributed by atoms with E-state index in [1.165, 1.54) is 0 Å². The zero-order valence-corrected chi connectivity index (χ0v) is 10.8. The molecule has 0 unspecified atom stereocenters. The van der Waals surface area contributed by atoms with Crippen LogP contribution in [0.5, 0.6) is 5.75 Å². The molecule has 0 radical (unpaired) electrons. The Bertz CT molecular complexity index is 537. The molecule has 2 aliphatic rings. The average molecular weight is 260 g/mol. The van der Waals surface area contributed by atoms with Crippen molar-refractivity contribution in [3.05, 3.63) is 18.2 Å². The molecule has 0 bridgehead atoms. The van der Waals surface area contributed by atoms with Gasteiger partial charge in [-0.1, -0.05) is 0 Å². The SMILES string of the molecule is CN1C(=O)CCOc2ccc(NC(=O)C3CC3)cc21. The highest BCUT2D eigenvalue weighted by atomic mass is 16.5. The number of hydrogen-bond acceptors (Lipinski definition) is 3. The van der Waals surface area contributed by atoms with E-state index in [0.29, 0.717) is 30.2 Å². The van der Waals surface area contributed by atoms with Gasteiger partial charge in [-0.25, -0.2) is 0 Å². The second-order valence-electron chi connectivity index (χ2n) is 5.00. The third-order valence-corrected chi connectivity index (χ3v) is 3.48. The third-order valence-electron chi connectivity index (χ3n) is 3.48. The molecule has 1 heterocycles. The predicted octanol–water partition coefficient (Wildman–Crippen LogP) is 1.78. The first-order valence-electron chi connectivity index (χ1n) is 6.49. The minimum absolute atomic E-state index is 0.0180. The van der Waals surface area contributed by atoms with Gasteiger partial charge in [-0.3, -0.25) is 9.59 Å². The van der Waals surface area contributed by atoms with Crippen LogP contribution in [-0.2, 0) is 9.59 Å². The van der Waals surface area contributed by atoms with Crippen LogP contribution in [0.25, 0.3) is 0 Å². The van der Waals surface area contributed by atoms with Gasteiger partial charge in [0.05, 0.1) is 18.7 Å². The van der Waals surface area contributed by atoms with Crippen molar-refractivity contribution in [1.82, 2.24) is 0 Å². The monoisotopic (exact) mass is 260 g/mol. The third kappa shape index (κ3) is 2.41. The number of ether oxygens (including phenoxy) is 1. The molecule has 1 aliphatic carbocycles. The normalized spacial score (nSPS) is 18.4. The zero-order chi connectivity index (χ0) is 13.4.